The summed E-state index contributed by atoms with van der Waals surface area (Å²) in [6, 6.07) is 45.4. The first-order valence-corrected chi connectivity index (χ1v) is 20.7. The fraction of sp³-hybridized carbons (Fsp3) is 0.245. The van der Waals surface area contributed by atoms with Crippen LogP contribution < -0.4 is 14.5 Å². The Bertz CT molecular complexity index is 2820. The predicted octanol–water partition coefficient (Wildman–Crippen LogP) is 14.2. The van der Waals surface area contributed by atoms with E-state index < -0.39 is 0 Å². The Morgan fingerprint density at radius 1 is 0.525 bits per heavy atom. The van der Waals surface area contributed by atoms with E-state index in [1.807, 2.05) is 24.7 Å². The average Bonchev–Trinajstić information content (AvgIpc) is 3.76. The fourth-order valence-electron chi connectivity index (χ4n) is 8.51. The van der Waals surface area contributed by atoms with Crippen LogP contribution in [0.1, 0.15) is 79.0 Å². The van der Waals surface area contributed by atoms with Gasteiger partial charge in [-0.05, 0) is 105 Å². The number of rotatable bonds is 6. The standard InChI is InChI=1S/C53H53N5O/c1-51(2,3)37-24-27-55-49(30-37)58-45-21-14-13-20-41(45)42-23-22-40(32-47(42)58)59-39-19-15-18-38(31-39)56-34-57(46-25-26-54-33-48(46)56)50-43(52(4,5)6)28-36(29-44(50)53(7,8)9)35-16-11-10-12-17-35/h10-33H,34H2,1-9H3. The van der Waals surface area contributed by atoms with Gasteiger partial charge in [-0.1, -0.05) is 117 Å². The Morgan fingerprint density at radius 2 is 1.22 bits per heavy atom. The minimum Gasteiger partial charge on any atom is -0.457 e. The first kappa shape index (κ1) is 38.1. The molecule has 5 aromatic carbocycles. The maximum atomic E-state index is 6.74. The van der Waals surface area contributed by atoms with Crippen LogP contribution in [0.4, 0.5) is 22.7 Å². The molecule has 0 radical (unpaired) electrons. The molecule has 9 rings (SSSR count). The molecule has 0 spiro atoms. The number of nitrogens with zero attached hydrogens (tertiary/aromatic N) is 5. The molecule has 1 aliphatic heterocycles. The van der Waals surface area contributed by atoms with Gasteiger partial charge in [-0.3, -0.25) is 9.55 Å². The van der Waals surface area contributed by atoms with Gasteiger partial charge in [0.05, 0.1) is 34.3 Å². The SMILES string of the molecule is CC(C)(C)c1ccnc(-n2c3ccccc3c3ccc(Oc4cccc(N5CN(c6c(C(C)(C)C)cc(-c7ccccc7)cc6C(C)(C)C)c6ccncc65)c4)cc32)c1. The number of hydrogen-bond acceptors (Lipinski definition) is 5. The van der Waals surface area contributed by atoms with E-state index in [1.165, 1.54) is 38.9 Å². The Balaban J connectivity index is 1.10. The highest BCUT2D eigenvalue weighted by atomic mass is 16.5. The molecule has 0 fully saturated rings. The molecule has 3 aromatic heterocycles. The van der Waals surface area contributed by atoms with Crippen molar-refractivity contribution in [1.82, 2.24) is 14.5 Å². The summed E-state index contributed by atoms with van der Waals surface area (Å²) in [7, 11) is 0. The Kier molecular flexibility index (Phi) is 9.15. The molecule has 0 unspecified atom stereocenters. The van der Waals surface area contributed by atoms with Gasteiger partial charge in [0, 0.05) is 41.0 Å². The number of aromatic nitrogens is 3. The quantitative estimate of drug-likeness (QED) is 0.168. The van der Waals surface area contributed by atoms with Gasteiger partial charge in [0.1, 0.15) is 24.0 Å². The maximum absolute atomic E-state index is 6.74. The zero-order valence-electron chi connectivity index (χ0n) is 35.7. The Labute approximate surface area is 348 Å². The molecular weight excluding hydrogens is 723 g/mol. The first-order chi connectivity index (χ1) is 28.1. The predicted molar refractivity (Wildman–Crippen MR) is 246 cm³/mol. The van der Waals surface area contributed by atoms with E-state index in [0.29, 0.717) is 6.67 Å². The summed E-state index contributed by atoms with van der Waals surface area (Å²) in [5.74, 6) is 2.42. The van der Waals surface area contributed by atoms with Crippen LogP contribution in [0.2, 0.25) is 0 Å². The highest BCUT2D eigenvalue weighted by Crippen LogP contribution is 2.51. The fourth-order valence-corrected chi connectivity index (χ4v) is 8.51. The molecule has 59 heavy (non-hydrogen) atoms. The summed E-state index contributed by atoms with van der Waals surface area (Å²) < 4.78 is 9.00. The molecule has 296 valence electrons. The van der Waals surface area contributed by atoms with Crippen molar-refractivity contribution >= 4 is 44.6 Å². The van der Waals surface area contributed by atoms with E-state index in [1.54, 1.807) is 0 Å². The Hall–Kier alpha value is -6.40. The Morgan fingerprint density at radius 3 is 1.95 bits per heavy atom. The maximum Gasteiger partial charge on any atom is 0.137 e. The second-order valence-corrected chi connectivity index (χ2v) is 18.9. The van der Waals surface area contributed by atoms with Crippen LogP contribution in [0.3, 0.4) is 0 Å². The lowest BCUT2D eigenvalue weighted by Crippen LogP contribution is -2.30. The number of para-hydroxylation sites is 1. The number of benzene rings is 5. The van der Waals surface area contributed by atoms with Crippen molar-refractivity contribution in [2.24, 2.45) is 0 Å². The summed E-state index contributed by atoms with van der Waals surface area (Å²) in [5, 5.41) is 2.34. The van der Waals surface area contributed by atoms with Gasteiger partial charge >= 0.3 is 0 Å². The third kappa shape index (κ3) is 7.01. The second-order valence-electron chi connectivity index (χ2n) is 18.9. The third-order valence-corrected chi connectivity index (χ3v) is 11.6. The number of hydrogen-bond donors (Lipinski definition) is 0. The number of pyridine rings is 2. The van der Waals surface area contributed by atoms with E-state index in [4.69, 9.17) is 9.72 Å². The summed E-state index contributed by atoms with van der Waals surface area (Å²) in [4.78, 5) is 14.4. The van der Waals surface area contributed by atoms with Crippen molar-refractivity contribution in [2.75, 3.05) is 16.5 Å². The molecule has 0 aliphatic carbocycles. The lowest BCUT2D eigenvalue weighted by atomic mass is 9.76. The summed E-state index contributed by atoms with van der Waals surface area (Å²) >= 11 is 0. The smallest absolute Gasteiger partial charge is 0.137 e. The molecule has 0 atom stereocenters. The van der Waals surface area contributed by atoms with Crippen LogP contribution in [-0.4, -0.2) is 21.2 Å². The van der Waals surface area contributed by atoms with Gasteiger partial charge in [0.15, 0.2) is 0 Å². The van der Waals surface area contributed by atoms with Gasteiger partial charge in [-0.2, -0.15) is 0 Å². The van der Waals surface area contributed by atoms with E-state index in [0.717, 1.165) is 50.8 Å². The third-order valence-electron chi connectivity index (χ3n) is 11.6. The van der Waals surface area contributed by atoms with Crippen LogP contribution in [0.5, 0.6) is 11.5 Å². The van der Waals surface area contributed by atoms with Crippen molar-refractivity contribution in [3.05, 3.63) is 163 Å². The molecule has 0 bridgehead atoms. The lowest BCUT2D eigenvalue weighted by Gasteiger charge is -2.36. The molecule has 4 heterocycles. The van der Waals surface area contributed by atoms with E-state index in [-0.39, 0.29) is 16.2 Å². The normalized spacial score (nSPS) is 13.4. The van der Waals surface area contributed by atoms with E-state index >= 15 is 0 Å². The zero-order valence-corrected chi connectivity index (χ0v) is 35.7. The molecule has 0 N–H and O–H groups in total. The van der Waals surface area contributed by atoms with Crippen molar-refractivity contribution in [2.45, 2.75) is 78.6 Å². The van der Waals surface area contributed by atoms with Crippen molar-refractivity contribution in [3.8, 4) is 28.4 Å². The summed E-state index contributed by atoms with van der Waals surface area (Å²) in [6.07, 6.45) is 5.82. The molecule has 0 saturated carbocycles. The second kappa shape index (κ2) is 14.2. The molecule has 1 aliphatic rings. The van der Waals surface area contributed by atoms with Crippen LogP contribution in [0.25, 0.3) is 38.8 Å². The highest BCUT2D eigenvalue weighted by molar-refractivity contribution is 6.09. The molecule has 6 heteroatoms. The van der Waals surface area contributed by atoms with Gasteiger partial charge in [-0.15, -0.1) is 0 Å². The van der Waals surface area contributed by atoms with Crippen molar-refractivity contribution < 1.29 is 4.74 Å². The zero-order chi connectivity index (χ0) is 41.3. The molecular formula is C53H53N5O. The largest absolute Gasteiger partial charge is 0.457 e. The monoisotopic (exact) mass is 775 g/mol. The molecule has 6 nitrogen and oxygen atoms in total. The van der Waals surface area contributed by atoms with Crippen LogP contribution in [-0.2, 0) is 16.2 Å². The van der Waals surface area contributed by atoms with E-state index in [9.17, 15) is 0 Å². The highest BCUT2D eigenvalue weighted by Gasteiger charge is 2.36. The van der Waals surface area contributed by atoms with E-state index in [2.05, 4.69) is 203 Å². The van der Waals surface area contributed by atoms with Gasteiger partial charge in [0.25, 0.3) is 0 Å². The lowest BCUT2D eigenvalue weighted by molar-refractivity contribution is 0.483. The minimum absolute atomic E-state index is 0.00452. The topological polar surface area (TPSA) is 46.4 Å². The van der Waals surface area contributed by atoms with Crippen LogP contribution in [0.15, 0.2) is 146 Å². The molecule has 0 saturated heterocycles. The summed E-state index contributed by atoms with van der Waals surface area (Å²) in [5.41, 5.74) is 12.8. The first-order valence-electron chi connectivity index (χ1n) is 20.7. The van der Waals surface area contributed by atoms with Gasteiger partial charge in [-0.25, -0.2) is 4.98 Å². The number of ether oxygens (including phenoxy) is 1. The number of anilines is 4. The van der Waals surface area contributed by atoms with Crippen LogP contribution >= 0.6 is 0 Å². The van der Waals surface area contributed by atoms with Gasteiger partial charge in [0.2, 0.25) is 0 Å². The average molecular weight is 776 g/mol. The number of fused-ring (bicyclic) bond motifs is 4. The summed E-state index contributed by atoms with van der Waals surface area (Å²) in [6.45, 7) is 21.3. The molecule has 8 aromatic rings. The minimum atomic E-state index is -0.118. The van der Waals surface area contributed by atoms with Crippen LogP contribution in [0, 0.1) is 0 Å². The molecule has 0 amide bonds. The van der Waals surface area contributed by atoms with Crippen molar-refractivity contribution in [3.63, 3.8) is 0 Å². The van der Waals surface area contributed by atoms with Gasteiger partial charge < -0.3 is 14.5 Å². The van der Waals surface area contributed by atoms with Crippen molar-refractivity contribution in [1.29, 1.82) is 0 Å².